The third kappa shape index (κ3) is 1.97. The van der Waals surface area contributed by atoms with Crippen LogP contribution in [0.1, 0.15) is 48.2 Å². The monoisotopic (exact) mass is 202 g/mol. The molecule has 80 valence electrons. The molecule has 0 amide bonds. The van der Waals surface area contributed by atoms with Gasteiger partial charge < -0.3 is 0 Å². The average Bonchev–Trinajstić information content (AvgIpc) is 2.73. The van der Waals surface area contributed by atoms with E-state index in [2.05, 4.69) is 19.1 Å². The number of aryl methyl sites for hydroxylation is 2. The van der Waals surface area contributed by atoms with E-state index in [0.29, 0.717) is 5.78 Å². The van der Waals surface area contributed by atoms with Crippen molar-refractivity contribution < 1.29 is 4.79 Å². The molecule has 15 heavy (non-hydrogen) atoms. The molecular formula is C14H18O. The van der Waals surface area contributed by atoms with Crippen molar-refractivity contribution in [1.29, 1.82) is 0 Å². The predicted molar refractivity (Wildman–Crippen MR) is 62.3 cm³/mol. The van der Waals surface area contributed by atoms with Gasteiger partial charge in [0, 0.05) is 11.5 Å². The molecule has 1 aliphatic rings. The first-order valence-electron chi connectivity index (χ1n) is 5.88. The molecule has 1 aromatic rings. The topological polar surface area (TPSA) is 17.1 Å². The summed E-state index contributed by atoms with van der Waals surface area (Å²) < 4.78 is 0. The number of carbonyl (C=O) groups is 1. The Balaban J connectivity index is 2.26. The van der Waals surface area contributed by atoms with Gasteiger partial charge in [-0.3, -0.25) is 4.79 Å². The van der Waals surface area contributed by atoms with Crippen LogP contribution in [0.3, 0.4) is 0 Å². The Morgan fingerprint density at radius 1 is 1.33 bits per heavy atom. The van der Waals surface area contributed by atoms with Crippen LogP contribution in [0.2, 0.25) is 0 Å². The van der Waals surface area contributed by atoms with E-state index in [0.717, 1.165) is 18.4 Å². The highest BCUT2D eigenvalue weighted by Crippen LogP contribution is 2.24. The third-order valence-corrected chi connectivity index (χ3v) is 3.44. The SMILES string of the molecule is CCC(C)C(=O)c1ccc2c(c1)CCC2. The maximum Gasteiger partial charge on any atom is 0.165 e. The molecule has 1 nitrogen and oxygen atoms in total. The number of rotatable bonds is 3. The molecule has 1 aromatic carbocycles. The second kappa shape index (κ2) is 4.18. The van der Waals surface area contributed by atoms with Crippen molar-refractivity contribution in [3.05, 3.63) is 34.9 Å². The normalized spacial score (nSPS) is 16.1. The number of hydrogen-bond donors (Lipinski definition) is 0. The minimum atomic E-state index is 0.157. The second-order valence-corrected chi connectivity index (χ2v) is 4.51. The van der Waals surface area contributed by atoms with Gasteiger partial charge in [-0.2, -0.15) is 0 Å². The van der Waals surface area contributed by atoms with Crippen LogP contribution >= 0.6 is 0 Å². The van der Waals surface area contributed by atoms with Gasteiger partial charge in [0.05, 0.1) is 0 Å². The van der Waals surface area contributed by atoms with Crippen LogP contribution in [0.15, 0.2) is 18.2 Å². The first-order chi connectivity index (χ1) is 7.22. The summed E-state index contributed by atoms with van der Waals surface area (Å²) in [6, 6.07) is 6.24. The van der Waals surface area contributed by atoms with E-state index < -0.39 is 0 Å². The molecule has 0 fully saturated rings. The lowest BCUT2D eigenvalue weighted by atomic mass is 9.95. The summed E-state index contributed by atoms with van der Waals surface area (Å²) in [4.78, 5) is 12.0. The molecule has 0 saturated heterocycles. The Labute approximate surface area is 91.5 Å². The van der Waals surface area contributed by atoms with E-state index in [1.165, 1.54) is 24.0 Å². The van der Waals surface area contributed by atoms with Gasteiger partial charge in [-0.25, -0.2) is 0 Å². The first-order valence-corrected chi connectivity index (χ1v) is 5.88. The predicted octanol–water partition coefficient (Wildman–Crippen LogP) is 3.40. The summed E-state index contributed by atoms with van der Waals surface area (Å²) in [7, 11) is 0. The zero-order valence-corrected chi connectivity index (χ0v) is 9.55. The van der Waals surface area contributed by atoms with Gasteiger partial charge >= 0.3 is 0 Å². The van der Waals surface area contributed by atoms with E-state index in [4.69, 9.17) is 0 Å². The minimum absolute atomic E-state index is 0.157. The molecule has 1 aliphatic carbocycles. The van der Waals surface area contributed by atoms with Crippen molar-refractivity contribution >= 4 is 5.78 Å². The number of benzene rings is 1. The largest absolute Gasteiger partial charge is 0.294 e. The Morgan fingerprint density at radius 3 is 2.80 bits per heavy atom. The van der Waals surface area contributed by atoms with Crippen LogP contribution in [0.4, 0.5) is 0 Å². The fourth-order valence-corrected chi connectivity index (χ4v) is 2.20. The fourth-order valence-electron chi connectivity index (χ4n) is 2.20. The minimum Gasteiger partial charge on any atom is -0.294 e. The molecule has 0 aromatic heterocycles. The van der Waals surface area contributed by atoms with Crippen LogP contribution in [-0.2, 0) is 12.8 Å². The molecular weight excluding hydrogens is 184 g/mol. The quantitative estimate of drug-likeness (QED) is 0.686. The molecule has 0 radical (unpaired) electrons. The Morgan fingerprint density at radius 2 is 2.07 bits per heavy atom. The molecule has 0 spiro atoms. The van der Waals surface area contributed by atoms with E-state index in [1.54, 1.807) is 0 Å². The molecule has 1 unspecified atom stereocenters. The van der Waals surface area contributed by atoms with Crippen molar-refractivity contribution in [2.75, 3.05) is 0 Å². The van der Waals surface area contributed by atoms with E-state index in [-0.39, 0.29) is 5.92 Å². The zero-order valence-electron chi connectivity index (χ0n) is 9.55. The highest BCUT2D eigenvalue weighted by atomic mass is 16.1. The van der Waals surface area contributed by atoms with Crippen LogP contribution in [0, 0.1) is 5.92 Å². The molecule has 1 atom stereocenters. The van der Waals surface area contributed by atoms with Crippen LogP contribution in [0.5, 0.6) is 0 Å². The zero-order chi connectivity index (χ0) is 10.8. The molecule has 0 heterocycles. The number of carbonyl (C=O) groups excluding carboxylic acids is 1. The molecule has 0 N–H and O–H groups in total. The van der Waals surface area contributed by atoms with Gasteiger partial charge in [0.15, 0.2) is 5.78 Å². The third-order valence-electron chi connectivity index (χ3n) is 3.44. The summed E-state index contributed by atoms with van der Waals surface area (Å²) in [5, 5.41) is 0. The van der Waals surface area contributed by atoms with Crippen LogP contribution in [0.25, 0.3) is 0 Å². The van der Waals surface area contributed by atoms with Crippen LogP contribution in [-0.4, -0.2) is 5.78 Å². The van der Waals surface area contributed by atoms with Gasteiger partial charge in [-0.1, -0.05) is 26.0 Å². The Hall–Kier alpha value is -1.11. The average molecular weight is 202 g/mol. The Bertz CT molecular complexity index is 379. The second-order valence-electron chi connectivity index (χ2n) is 4.51. The molecule has 2 rings (SSSR count). The number of ketones is 1. The van der Waals surface area contributed by atoms with Gasteiger partial charge in [-0.05, 0) is 42.9 Å². The number of hydrogen-bond acceptors (Lipinski definition) is 1. The van der Waals surface area contributed by atoms with Crippen molar-refractivity contribution in [3.8, 4) is 0 Å². The lowest BCUT2D eigenvalue weighted by Gasteiger charge is -2.08. The van der Waals surface area contributed by atoms with E-state index in [9.17, 15) is 4.79 Å². The van der Waals surface area contributed by atoms with Gasteiger partial charge in [0.25, 0.3) is 0 Å². The highest BCUT2D eigenvalue weighted by molar-refractivity contribution is 5.97. The summed E-state index contributed by atoms with van der Waals surface area (Å²) >= 11 is 0. The first kappa shape index (κ1) is 10.4. The standard InChI is InChI=1S/C14H18O/c1-3-10(2)14(15)13-8-7-11-5-4-6-12(11)9-13/h7-10H,3-6H2,1-2H3. The smallest absolute Gasteiger partial charge is 0.165 e. The molecule has 1 heteroatoms. The van der Waals surface area contributed by atoms with Crippen molar-refractivity contribution in [3.63, 3.8) is 0 Å². The van der Waals surface area contributed by atoms with E-state index in [1.807, 2.05) is 13.0 Å². The summed E-state index contributed by atoms with van der Waals surface area (Å²) in [6.45, 7) is 4.07. The summed E-state index contributed by atoms with van der Waals surface area (Å²) in [5.41, 5.74) is 3.74. The maximum absolute atomic E-state index is 12.0. The lowest BCUT2D eigenvalue weighted by Crippen LogP contribution is -2.10. The summed E-state index contributed by atoms with van der Waals surface area (Å²) in [5.74, 6) is 0.455. The molecule has 0 aliphatic heterocycles. The van der Waals surface area contributed by atoms with Crippen molar-refractivity contribution in [1.82, 2.24) is 0 Å². The number of Topliss-reactive ketones (excluding diaryl/α,β-unsaturated/α-hetero) is 1. The Kier molecular flexibility index (Phi) is 2.90. The fraction of sp³-hybridized carbons (Fsp3) is 0.500. The van der Waals surface area contributed by atoms with Gasteiger partial charge in [0.2, 0.25) is 0 Å². The molecule has 0 bridgehead atoms. The van der Waals surface area contributed by atoms with E-state index >= 15 is 0 Å². The van der Waals surface area contributed by atoms with Crippen molar-refractivity contribution in [2.24, 2.45) is 5.92 Å². The summed E-state index contributed by atoms with van der Waals surface area (Å²) in [6.07, 6.45) is 4.51. The number of fused-ring (bicyclic) bond motifs is 1. The van der Waals surface area contributed by atoms with Gasteiger partial charge in [0.1, 0.15) is 0 Å². The maximum atomic E-state index is 12.0. The molecule has 0 saturated carbocycles. The van der Waals surface area contributed by atoms with Gasteiger partial charge in [-0.15, -0.1) is 0 Å². The van der Waals surface area contributed by atoms with Crippen molar-refractivity contribution in [2.45, 2.75) is 39.5 Å². The van der Waals surface area contributed by atoms with Crippen LogP contribution < -0.4 is 0 Å². The highest BCUT2D eigenvalue weighted by Gasteiger charge is 2.16. The lowest BCUT2D eigenvalue weighted by molar-refractivity contribution is 0.0927.